The van der Waals surface area contributed by atoms with Crippen molar-refractivity contribution in [2.45, 2.75) is 32.0 Å². The number of nitrogens with two attached hydrogens (primary N) is 1. The number of carbonyl (C=O) groups excluding carboxylic acids is 1. The molecule has 0 fully saturated rings. The lowest BCUT2D eigenvalue weighted by molar-refractivity contribution is -0.724. The Morgan fingerprint density at radius 1 is 0.900 bits per heavy atom. The van der Waals surface area contributed by atoms with Gasteiger partial charge in [0, 0.05) is 25.5 Å². The summed E-state index contributed by atoms with van der Waals surface area (Å²) in [5.41, 5.74) is 2.64. The van der Waals surface area contributed by atoms with Crippen LogP contribution in [0.5, 0.6) is 11.5 Å². The highest BCUT2D eigenvalue weighted by atomic mass is 16.7. The van der Waals surface area contributed by atoms with E-state index in [9.17, 15) is 4.79 Å². The third-order valence-electron chi connectivity index (χ3n) is 5.45. The Bertz CT molecular complexity index is 992. The van der Waals surface area contributed by atoms with Gasteiger partial charge in [0.25, 0.3) is 5.91 Å². The number of carbonyl (C=O) groups is 1. The number of hydrogen-bond donors (Lipinski definition) is 2. The van der Waals surface area contributed by atoms with Crippen molar-refractivity contribution >= 4 is 5.91 Å². The highest BCUT2D eigenvalue weighted by Gasteiger charge is 2.37. The summed E-state index contributed by atoms with van der Waals surface area (Å²) in [5.74, 6) is 1.50. The van der Waals surface area contributed by atoms with Gasteiger partial charge in [0.05, 0.1) is 0 Å². The maximum atomic E-state index is 13.3. The van der Waals surface area contributed by atoms with Crippen molar-refractivity contribution in [1.82, 2.24) is 5.32 Å². The summed E-state index contributed by atoms with van der Waals surface area (Å²) >= 11 is 0. The average Bonchev–Trinajstić information content (AvgIpc) is 3.25. The van der Waals surface area contributed by atoms with Crippen molar-refractivity contribution in [3.05, 3.63) is 95.6 Å². The third kappa shape index (κ3) is 4.81. The minimum absolute atomic E-state index is 0.0138. The summed E-state index contributed by atoms with van der Waals surface area (Å²) in [6.07, 6.45) is 0.580. The molecule has 1 aliphatic rings. The first kappa shape index (κ1) is 20.0. The van der Waals surface area contributed by atoms with Crippen LogP contribution in [0.2, 0.25) is 0 Å². The molecule has 1 aliphatic heterocycles. The van der Waals surface area contributed by atoms with Crippen LogP contribution in [0.4, 0.5) is 0 Å². The standard InChI is InChI=1S/C25H26N2O3/c1-25(27-17-20-10-6-3-7-11-20,24(28)26-16-19-8-4-2-5-9-19)15-21-12-13-22-23(14-21)30-18-29-22/h2-14,27H,15-18H2,1H3,(H,26,28)/p+1/t25-/m1/s1. The Hall–Kier alpha value is -3.31. The van der Waals surface area contributed by atoms with Crippen molar-refractivity contribution in [3.8, 4) is 11.5 Å². The molecule has 3 aromatic carbocycles. The van der Waals surface area contributed by atoms with Crippen LogP contribution in [-0.4, -0.2) is 18.2 Å². The van der Waals surface area contributed by atoms with E-state index in [2.05, 4.69) is 22.8 Å². The van der Waals surface area contributed by atoms with Gasteiger partial charge in [-0.25, -0.2) is 0 Å². The lowest BCUT2D eigenvalue weighted by Crippen LogP contribution is -2.98. The number of hydrogen-bond acceptors (Lipinski definition) is 3. The van der Waals surface area contributed by atoms with E-state index in [1.807, 2.05) is 73.7 Å². The van der Waals surface area contributed by atoms with Crippen LogP contribution in [0.3, 0.4) is 0 Å². The van der Waals surface area contributed by atoms with Crippen LogP contribution < -0.4 is 20.1 Å². The second-order valence-electron chi connectivity index (χ2n) is 7.84. The molecule has 0 saturated carbocycles. The molecule has 0 aromatic heterocycles. The Morgan fingerprint density at radius 3 is 2.30 bits per heavy atom. The van der Waals surface area contributed by atoms with E-state index in [-0.39, 0.29) is 12.7 Å². The minimum Gasteiger partial charge on any atom is -0.454 e. The van der Waals surface area contributed by atoms with Crippen LogP contribution in [0, 0.1) is 0 Å². The van der Waals surface area contributed by atoms with Gasteiger partial charge in [-0.05, 0) is 23.3 Å². The lowest BCUT2D eigenvalue weighted by Gasteiger charge is -2.27. The summed E-state index contributed by atoms with van der Waals surface area (Å²) in [7, 11) is 0. The molecule has 0 aliphatic carbocycles. The zero-order valence-electron chi connectivity index (χ0n) is 17.1. The molecule has 0 bridgehead atoms. The van der Waals surface area contributed by atoms with Crippen molar-refractivity contribution in [2.24, 2.45) is 0 Å². The molecule has 5 heteroatoms. The molecular formula is C25H27N2O3+. The Labute approximate surface area is 177 Å². The van der Waals surface area contributed by atoms with E-state index in [1.54, 1.807) is 0 Å². The first-order valence-corrected chi connectivity index (χ1v) is 10.2. The van der Waals surface area contributed by atoms with Crippen LogP contribution >= 0.6 is 0 Å². The van der Waals surface area contributed by atoms with Crippen LogP contribution in [0.25, 0.3) is 0 Å². The zero-order valence-corrected chi connectivity index (χ0v) is 17.1. The van der Waals surface area contributed by atoms with Gasteiger partial charge >= 0.3 is 0 Å². The maximum Gasteiger partial charge on any atom is 0.281 e. The molecule has 1 amide bonds. The molecule has 3 aromatic rings. The van der Waals surface area contributed by atoms with E-state index in [0.717, 1.165) is 29.2 Å². The average molecular weight is 404 g/mol. The monoisotopic (exact) mass is 403 g/mol. The largest absolute Gasteiger partial charge is 0.454 e. The Balaban J connectivity index is 1.51. The maximum absolute atomic E-state index is 13.3. The normalized spacial score (nSPS) is 14.2. The fourth-order valence-electron chi connectivity index (χ4n) is 3.66. The van der Waals surface area contributed by atoms with Crippen molar-refractivity contribution in [1.29, 1.82) is 0 Å². The number of quaternary nitrogens is 1. The molecule has 0 radical (unpaired) electrons. The smallest absolute Gasteiger partial charge is 0.281 e. The topological polar surface area (TPSA) is 64.2 Å². The number of fused-ring (bicyclic) bond motifs is 1. The quantitative estimate of drug-likeness (QED) is 0.608. The Morgan fingerprint density at radius 2 is 1.57 bits per heavy atom. The van der Waals surface area contributed by atoms with Crippen LogP contribution in [-0.2, 0) is 24.3 Å². The van der Waals surface area contributed by atoms with Gasteiger partial charge < -0.3 is 20.1 Å². The van der Waals surface area contributed by atoms with Gasteiger partial charge in [-0.2, -0.15) is 0 Å². The molecular weight excluding hydrogens is 376 g/mol. The number of nitrogens with one attached hydrogen (secondary N) is 1. The van der Waals surface area contributed by atoms with E-state index in [1.165, 1.54) is 5.56 Å². The van der Waals surface area contributed by atoms with Gasteiger partial charge in [-0.1, -0.05) is 66.7 Å². The number of rotatable bonds is 8. The fourth-order valence-corrected chi connectivity index (χ4v) is 3.66. The molecule has 1 atom stereocenters. The third-order valence-corrected chi connectivity index (χ3v) is 5.45. The highest BCUT2D eigenvalue weighted by Crippen LogP contribution is 2.33. The molecule has 0 unspecified atom stereocenters. The van der Waals surface area contributed by atoms with Gasteiger partial charge in [0.2, 0.25) is 6.79 Å². The summed E-state index contributed by atoms with van der Waals surface area (Å²) in [6, 6.07) is 26.1. The lowest BCUT2D eigenvalue weighted by atomic mass is 9.91. The molecule has 0 spiro atoms. The molecule has 154 valence electrons. The summed E-state index contributed by atoms with van der Waals surface area (Å²) in [6.45, 7) is 3.48. The zero-order chi connectivity index (χ0) is 20.8. The van der Waals surface area contributed by atoms with Gasteiger partial charge in [0.15, 0.2) is 17.0 Å². The first-order chi connectivity index (χ1) is 14.6. The number of amides is 1. The number of ether oxygens (including phenoxy) is 2. The van der Waals surface area contributed by atoms with Crippen molar-refractivity contribution in [3.63, 3.8) is 0 Å². The van der Waals surface area contributed by atoms with E-state index < -0.39 is 5.54 Å². The van der Waals surface area contributed by atoms with Gasteiger partial charge in [-0.15, -0.1) is 0 Å². The summed E-state index contributed by atoms with van der Waals surface area (Å²) in [5, 5.41) is 5.24. The molecule has 0 saturated heterocycles. The first-order valence-electron chi connectivity index (χ1n) is 10.2. The SMILES string of the molecule is C[C@](Cc1ccc2c(c1)OCO2)([NH2+]Cc1ccccc1)C(=O)NCc1ccccc1. The molecule has 4 rings (SSSR count). The Kier molecular flexibility index (Phi) is 6.00. The predicted molar refractivity (Wildman–Crippen MR) is 115 cm³/mol. The minimum atomic E-state index is -0.668. The van der Waals surface area contributed by atoms with Crippen molar-refractivity contribution in [2.75, 3.05) is 6.79 Å². The highest BCUT2D eigenvalue weighted by molar-refractivity contribution is 5.84. The second-order valence-corrected chi connectivity index (χ2v) is 7.84. The second kappa shape index (κ2) is 9.01. The van der Waals surface area contributed by atoms with E-state index in [4.69, 9.17) is 9.47 Å². The van der Waals surface area contributed by atoms with E-state index >= 15 is 0 Å². The van der Waals surface area contributed by atoms with Gasteiger partial charge in [-0.3, -0.25) is 4.79 Å². The molecule has 30 heavy (non-hydrogen) atoms. The van der Waals surface area contributed by atoms with Crippen LogP contribution in [0.15, 0.2) is 78.9 Å². The van der Waals surface area contributed by atoms with Crippen molar-refractivity contribution < 1.29 is 19.6 Å². The van der Waals surface area contributed by atoms with Gasteiger partial charge in [0.1, 0.15) is 6.54 Å². The van der Waals surface area contributed by atoms with E-state index in [0.29, 0.717) is 13.0 Å². The molecule has 1 heterocycles. The fraction of sp³-hybridized carbons (Fsp3) is 0.240. The summed E-state index contributed by atoms with van der Waals surface area (Å²) in [4.78, 5) is 13.3. The van der Waals surface area contributed by atoms with Crippen LogP contribution in [0.1, 0.15) is 23.6 Å². The molecule has 5 nitrogen and oxygen atoms in total. The summed E-state index contributed by atoms with van der Waals surface area (Å²) < 4.78 is 10.9. The molecule has 3 N–H and O–H groups in total. The number of benzene rings is 3. The predicted octanol–water partition coefficient (Wildman–Crippen LogP) is 2.80.